The Bertz CT molecular complexity index is 1150. The minimum Gasteiger partial charge on any atom is -0.395 e. The molecule has 0 aliphatic carbocycles. The van der Waals surface area contributed by atoms with Gasteiger partial charge in [0.15, 0.2) is 0 Å². The summed E-state index contributed by atoms with van der Waals surface area (Å²) in [4.78, 5) is 26.6. The molecule has 0 unspecified atom stereocenters. The molecule has 4 rings (SSSR count). The van der Waals surface area contributed by atoms with E-state index in [4.69, 9.17) is 4.98 Å². The van der Waals surface area contributed by atoms with Gasteiger partial charge in [-0.15, -0.1) is 0 Å². The third-order valence-corrected chi connectivity index (χ3v) is 5.49. The second-order valence-corrected chi connectivity index (χ2v) is 9.21. The van der Waals surface area contributed by atoms with Crippen molar-refractivity contribution in [3.63, 3.8) is 0 Å². The third kappa shape index (κ3) is 5.05. The second-order valence-electron chi connectivity index (χ2n) is 9.21. The number of fused-ring (bicyclic) bond motifs is 1. The van der Waals surface area contributed by atoms with Gasteiger partial charge in [0.25, 0.3) is 5.56 Å². The van der Waals surface area contributed by atoms with Crippen LogP contribution >= 0.6 is 0 Å². The monoisotopic (exact) mass is 437 g/mol. The highest BCUT2D eigenvalue weighted by molar-refractivity contribution is 5.93. The van der Waals surface area contributed by atoms with Gasteiger partial charge in [0.2, 0.25) is 0 Å². The van der Waals surface area contributed by atoms with E-state index in [0.717, 1.165) is 37.0 Å². The Morgan fingerprint density at radius 1 is 1.19 bits per heavy atom. The van der Waals surface area contributed by atoms with Crippen molar-refractivity contribution in [2.24, 2.45) is 0 Å². The largest absolute Gasteiger partial charge is 0.395 e. The van der Waals surface area contributed by atoms with Gasteiger partial charge in [0.05, 0.1) is 12.0 Å². The standard InChI is InChI=1S/C23H31N7O2/c1-23(2,3)29-21-20-16(6-9-30(10-11-31)22(20)32)12-19(28-21)27-18-13-17(25-14-26-18)15-4-7-24-8-5-15/h6,9,12-15,24,31H,4-5,7-8,10-11H2,1-3H3,(H2,25,26,27,28,29). The van der Waals surface area contributed by atoms with E-state index >= 15 is 0 Å². The first-order chi connectivity index (χ1) is 15.3. The predicted octanol–water partition coefficient (Wildman–Crippen LogP) is 2.60. The molecule has 0 radical (unpaired) electrons. The van der Waals surface area contributed by atoms with E-state index in [1.165, 1.54) is 4.57 Å². The molecule has 9 heteroatoms. The molecule has 1 aliphatic heterocycles. The molecule has 32 heavy (non-hydrogen) atoms. The lowest BCUT2D eigenvalue weighted by molar-refractivity contribution is 0.274. The van der Waals surface area contributed by atoms with Gasteiger partial charge in [-0.3, -0.25) is 4.79 Å². The molecule has 3 aromatic rings. The Morgan fingerprint density at radius 3 is 2.69 bits per heavy atom. The lowest BCUT2D eigenvalue weighted by Gasteiger charge is -2.23. The van der Waals surface area contributed by atoms with Crippen LogP contribution in [0.25, 0.3) is 10.8 Å². The molecule has 0 bridgehead atoms. The molecule has 0 spiro atoms. The topological polar surface area (TPSA) is 117 Å². The maximum Gasteiger partial charge on any atom is 0.262 e. The third-order valence-electron chi connectivity index (χ3n) is 5.49. The number of aliphatic hydroxyl groups is 1. The minimum atomic E-state index is -0.292. The quantitative estimate of drug-likeness (QED) is 0.465. The van der Waals surface area contributed by atoms with E-state index in [0.29, 0.717) is 28.8 Å². The van der Waals surface area contributed by atoms with E-state index in [1.54, 1.807) is 12.5 Å². The van der Waals surface area contributed by atoms with Crippen LogP contribution in [-0.2, 0) is 6.54 Å². The molecule has 1 aliphatic rings. The van der Waals surface area contributed by atoms with Crippen LogP contribution in [0.4, 0.5) is 17.5 Å². The Kier molecular flexibility index (Phi) is 6.38. The number of aliphatic hydroxyl groups excluding tert-OH is 1. The molecule has 4 heterocycles. The van der Waals surface area contributed by atoms with Crippen molar-refractivity contribution < 1.29 is 5.11 Å². The molecule has 0 amide bonds. The maximum absolute atomic E-state index is 13.0. The van der Waals surface area contributed by atoms with Crippen LogP contribution in [0, 0.1) is 0 Å². The second kappa shape index (κ2) is 9.22. The van der Waals surface area contributed by atoms with Gasteiger partial charge in [-0.1, -0.05) is 0 Å². The van der Waals surface area contributed by atoms with Crippen LogP contribution in [0.3, 0.4) is 0 Å². The van der Waals surface area contributed by atoms with E-state index in [-0.39, 0.29) is 24.2 Å². The van der Waals surface area contributed by atoms with Crippen molar-refractivity contribution in [3.05, 3.63) is 46.8 Å². The fourth-order valence-corrected chi connectivity index (χ4v) is 4.01. The van der Waals surface area contributed by atoms with Crippen LogP contribution in [0.1, 0.15) is 45.2 Å². The number of rotatable bonds is 6. The van der Waals surface area contributed by atoms with Gasteiger partial charge in [-0.25, -0.2) is 15.0 Å². The summed E-state index contributed by atoms with van der Waals surface area (Å²) in [5.74, 6) is 2.20. The zero-order chi connectivity index (χ0) is 22.7. The number of hydrogen-bond donors (Lipinski definition) is 4. The van der Waals surface area contributed by atoms with E-state index in [1.807, 2.05) is 39.0 Å². The van der Waals surface area contributed by atoms with Crippen LogP contribution in [0.5, 0.6) is 0 Å². The van der Waals surface area contributed by atoms with E-state index in [2.05, 4.69) is 25.9 Å². The lowest BCUT2D eigenvalue weighted by Crippen LogP contribution is -2.29. The summed E-state index contributed by atoms with van der Waals surface area (Å²) >= 11 is 0. The summed E-state index contributed by atoms with van der Waals surface area (Å²) in [7, 11) is 0. The summed E-state index contributed by atoms with van der Waals surface area (Å²) in [6, 6.07) is 5.70. The van der Waals surface area contributed by atoms with E-state index < -0.39 is 0 Å². The zero-order valence-electron chi connectivity index (χ0n) is 18.9. The average Bonchev–Trinajstić information content (AvgIpc) is 2.75. The smallest absolute Gasteiger partial charge is 0.262 e. The summed E-state index contributed by atoms with van der Waals surface area (Å²) < 4.78 is 1.50. The number of pyridine rings is 2. The summed E-state index contributed by atoms with van der Waals surface area (Å²) in [5.41, 5.74) is 0.557. The number of piperidine rings is 1. The van der Waals surface area contributed by atoms with Gasteiger partial charge >= 0.3 is 0 Å². The highest BCUT2D eigenvalue weighted by Gasteiger charge is 2.19. The predicted molar refractivity (Wildman–Crippen MR) is 127 cm³/mol. The normalized spacial score (nSPS) is 15.1. The van der Waals surface area contributed by atoms with Crippen molar-refractivity contribution in [3.8, 4) is 0 Å². The minimum absolute atomic E-state index is 0.104. The van der Waals surface area contributed by atoms with Crippen molar-refractivity contribution >= 4 is 28.2 Å². The molecule has 9 nitrogen and oxygen atoms in total. The SMILES string of the molecule is CC(C)(C)Nc1nc(Nc2cc(C3CCNCC3)ncn2)cc2ccn(CCO)c(=O)c12. The first-order valence-electron chi connectivity index (χ1n) is 11.1. The van der Waals surface area contributed by atoms with Crippen molar-refractivity contribution in [1.82, 2.24) is 24.8 Å². The van der Waals surface area contributed by atoms with Crippen molar-refractivity contribution in [2.45, 2.75) is 51.6 Å². The van der Waals surface area contributed by atoms with Crippen LogP contribution in [0.2, 0.25) is 0 Å². The van der Waals surface area contributed by atoms with Crippen LogP contribution in [0.15, 0.2) is 35.5 Å². The molecule has 1 fully saturated rings. The molecule has 0 atom stereocenters. The fourth-order valence-electron chi connectivity index (χ4n) is 4.01. The molecule has 0 aromatic carbocycles. The molecule has 1 saturated heterocycles. The van der Waals surface area contributed by atoms with Gasteiger partial charge in [-0.2, -0.15) is 0 Å². The molecule has 4 N–H and O–H groups in total. The Hall–Kier alpha value is -3.04. The van der Waals surface area contributed by atoms with Gasteiger partial charge in [-0.05, 0) is 64.2 Å². The first-order valence-corrected chi connectivity index (χ1v) is 11.1. The Labute approximate surface area is 187 Å². The highest BCUT2D eigenvalue weighted by atomic mass is 16.3. The van der Waals surface area contributed by atoms with Crippen LogP contribution < -0.4 is 21.5 Å². The summed E-state index contributed by atoms with van der Waals surface area (Å²) in [6.07, 6.45) is 5.41. The van der Waals surface area contributed by atoms with Crippen molar-refractivity contribution in [2.75, 3.05) is 30.3 Å². The maximum atomic E-state index is 13.0. The van der Waals surface area contributed by atoms with Gasteiger partial charge in [0.1, 0.15) is 23.8 Å². The number of hydrogen-bond acceptors (Lipinski definition) is 8. The summed E-state index contributed by atoms with van der Waals surface area (Å²) in [5, 5.41) is 20.6. The fraction of sp³-hybridized carbons (Fsp3) is 0.478. The molecular weight excluding hydrogens is 406 g/mol. The Balaban J connectivity index is 1.72. The lowest BCUT2D eigenvalue weighted by atomic mass is 9.94. The molecule has 3 aromatic heterocycles. The molecular formula is C23H31N7O2. The number of aromatic nitrogens is 4. The highest BCUT2D eigenvalue weighted by Crippen LogP contribution is 2.28. The Morgan fingerprint density at radius 2 is 1.97 bits per heavy atom. The molecule has 0 saturated carbocycles. The molecule has 170 valence electrons. The van der Waals surface area contributed by atoms with Gasteiger partial charge in [0, 0.05) is 36.0 Å². The van der Waals surface area contributed by atoms with E-state index in [9.17, 15) is 9.90 Å². The van der Waals surface area contributed by atoms with Crippen LogP contribution in [-0.4, -0.2) is 49.9 Å². The average molecular weight is 438 g/mol. The van der Waals surface area contributed by atoms with Gasteiger partial charge < -0.3 is 25.6 Å². The number of nitrogens with zero attached hydrogens (tertiary/aromatic N) is 4. The first kappa shape index (κ1) is 22.2. The summed E-state index contributed by atoms with van der Waals surface area (Å²) in [6.45, 7) is 8.19. The number of anilines is 3. The number of nitrogens with one attached hydrogen (secondary N) is 3. The van der Waals surface area contributed by atoms with Crippen molar-refractivity contribution in [1.29, 1.82) is 0 Å². The zero-order valence-corrected chi connectivity index (χ0v) is 18.9.